The SMILES string of the molecule is CCOc1cc(Br)c2sccc2c1S. The Morgan fingerprint density at radius 1 is 1.57 bits per heavy atom. The zero-order chi connectivity index (χ0) is 10.1. The molecule has 0 amide bonds. The number of hydrogen-bond acceptors (Lipinski definition) is 3. The Hall–Kier alpha value is -0.190. The Morgan fingerprint density at radius 2 is 2.36 bits per heavy atom. The Balaban J connectivity index is 2.68. The molecule has 0 bridgehead atoms. The van der Waals surface area contributed by atoms with E-state index in [4.69, 9.17) is 4.74 Å². The first-order valence-corrected chi connectivity index (χ1v) is 6.37. The molecule has 0 fully saturated rings. The molecule has 0 aliphatic carbocycles. The maximum absolute atomic E-state index is 5.49. The minimum atomic E-state index is 0.662. The van der Waals surface area contributed by atoms with Crippen LogP contribution in [0.1, 0.15) is 6.92 Å². The molecule has 0 saturated carbocycles. The average molecular weight is 289 g/mol. The molecule has 4 heteroatoms. The maximum atomic E-state index is 5.49. The molecule has 0 aliphatic heterocycles. The summed E-state index contributed by atoms with van der Waals surface area (Å²) in [5, 5.41) is 3.21. The number of halogens is 1. The van der Waals surface area contributed by atoms with Crippen molar-refractivity contribution in [3.8, 4) is 5.75 Å². The first-order chi connectivity index (χ1) is 6.74. The van der Waals surface area contributed by atoms with Gasteiger partial charge in [0, 0.05) is 14.6 Å². The van der Waals surface area contributed by atoms with Crippen LogP contribution in [-0.2, 0) is 0 Å². The zero-order valence-electron chi connectivity index (χ0n) is 7.58. The summed E-state index contributed by atoms with van der Waals surface area (Å²) in [6.07, 6.45) is 0. The normalized spacial score (nSPS) is 10.8. The molecule has 2 aromatic rings. The molecule has 0 aliphatic rings. The Bertz CT molecular complexity index is 464. The maximum Gasteiger partial charge on any atom is 0.134 e. The van der Waals surface area contributed by atoms with Crippen molar-refractivity contribution in [3.05, 3.63) is 22.0 Å². The van der Waals surface area contributed by atoms with E-state index < -0.39 is 0 Å². The van der Waals surface area contributed by atoms with Crippen LogP contribution in [0, 0.1) is 0 Å². The van der Waals surface area contributed by atoms with Gasteiger partial charge in [-0.3, -0.25) is 0 Å². The average Bonchev–Trinajstić information content (AvgIpc) is 2.63. The van der Waals surface area contributed by atoms with E-state index in [1.807, 2.05) is 13.0 Å². The summed E-state index contributed by atoms with van der Waals surface area (Å²) in [6.45, 7) is 2.63. The van der Waals surface area contributed by atoms with E-state index in [0.717, 1.165) is 20.5 Å². The van der Waals surface area contributed by atoms with Crippen molar-refractivity contribution in [2.45, 2.75) is 11.8 Å². The molecular formula is C10H9BrOS2. The third-order valence-corrected chi connectivity index (χ3v) is 4.23. The molecule has 74 valence electrons. The summed E-state index contributed by atoms with van der Waals surface area (Å²) in [6, 6.07) is 4.04. The van der Waals surface area contributed by atoms with E-state index >= 15 is 0 Å². The predicted octanol–water partition coefficient (Wildman–Crippen LogP) is 4.35. The summed E-state index contributed by atoms with van der Waals surface area (Å²) in [4.78, 5) is 0.923. The summed E-state index contributed by atoms with van der Waals surface area (Å²) in [5.41, 5.74) is 0. The van der Waals surface area contributed by atoms with Crippen LogP contribution in [-0.4, -0.2) is 6.61 Å². The number of fused-ring (bicyclic) bond motifs is 1. The van der Waals surface area contributed by atoms with Crippen LogP contribution < -0.4 is 4.74 Å². The summed E-state index contributed by atoms with van der Waals surface area (Å²) < 4.78 is 7.79. The van der Waals surface area contributed by atoms with Gasteiger partial charge in [0.05, 0.1) is 11.5 Å². The lowest BCUT2D eigenvalue weighted by Gasteiger charge is -2.08. The lowest BCUT2D eigenvalue weighted by atomic mass is 10.2. The molecule has 1 aromatic heterocycles. The number of rotatable bonds is 2. The summed E-state index contributed by atoms with van der Waals surface area (Å²) in [7, 11) is 0. The highest BCUT2D eigenvalue weighted by atomic mass is 79.9. The number of hydrogen-bond donors (Lipinski definition) is 1. The van der Waals surface area contributed by atoms with Gasteiger partial charge in [-0.25, -0.2) is 0 Å². The second kappa shape index (κ2) is 4.13. The second-order valence-electron chi connectivity index (χ2n) is 2.80. The van der Waals surface area contributed by atoms with Gasteiger partial charge in [-0.15, -0.1) is 24.0 Å². The fourth-order valence-electron chi connectivity index (χ4n) is 1.33. The molecular weight excluding hydrogens is 280 g/mol. The van der Waals surface area contributed by atoms with Gasteiger partial charge in [0.25, 0.3) is 0 Å². The van der Waals surface area contributed by atoms with Gasteiger partial charge in [-0.1, -0.05) is 0 Å². The van der Waals surface area contributed by atoms with Crippen LogP contribution in [0.3, 0.4) is 0 Å². The van der Waals surface area contributed by atoms with Crippen LogP contribution >= 0.6 is 39.9 Å². The Morgan fingerprint density at radius 3 is 3.07 bits per heavy atom. The number of thiol groups is 1. The van der Waals surface area contributed by atoms with Crippen LogP contribution in [0.4, 0.5) is 0 Å². The Labute approximate surface area is 101 Å². The van der Waals surface area contributed by atoms with E-state index in [-0.39, 0.29) is 0 Å². The van der Waals surface area contributed by atoms with Crippen molar-refractivity contribution in [3.63, 3.8) is 0 Å². The number of thiophene rings is 1. The van der Waals surface area contributed by atoms with Crippen molar-refractivity contribution in [2.75, 3.05) is 6.61 Å². The van der Waals surface area contributed by atoms with Gasteiger partial charge in [-0.05, 0) is 40.4 Å². The Kier molecular flexibility index (Phi) is 3.04. The minimum absolute atomic E-state index is 0.662. The summed E-state index contributed by atoms with van der Waals surface area (Å²) in [5.74, 6) is 0.841. The molecule has 2 rings (SSSR count). The van der Waals surface area contributed by atoms with Gasteiger partial charge in [0.1, 0.15) is 5.75 Å². The molecule has 0 saturated heterocycles. The first kappa shape index (κ1) is 10.3. The lowest BCUT2D eigenvalue weighted by Crippen LogP contribution is -1.92. The van der Waals surface area contributed by atoms with Crippen LogP contribution in [0.2, 0.25) is 0 Å². The standard InChI is InChI=1S/C10H9BrOS2/c1-2-12-8-5-7(11)10-6(9(8)13)3-4-14-10/h3-5,13H,2H2,1H3. The molecule has 1 heterocycles. The van der Waals surface area contributed by atoms with Gasteiger partial charge in [-0.2, -0.15) is 0 Å². The highest BCUT2D eigenvalue weighted by molar-refractivity contribution is 9.10. The van der Waals surface area contributed by atoms with Crippen LogP contribution in [0.5, 0.6) is 5.75 Å². The van der Waals surface area contributed by atoms with Gasteiger partial charge in [0.2, 0.25) is 0 Å². The van der Waals surface area contributed by atoms with E-state index in [1.165, 1.54) is 4.70 Å². The minimum Gasteiger partial charge on any atom is -0.493 e. The smallest absolute Gasteiger partial charge is 0.134 e. The number of benzene rings is 1. The molecule has 0 N–H and O–H groups in total. The van der Waals surface area contributed by atoms with Crippen molar-refractivity contribution in [1.29, 1.82) is 0 Å². The fraction of sp³-hybridized carbons (Fsp3) is 0.200. The quantitative estimate of drug-likeness (QED) is 0.809. The van der Waals surface area contributed by atoms with E-state index in [2.05, 4.69) is 40.0 Å². The third kappa shape index (κ3) is 1.66. The molecule has 1 aromatic carbocycles. The molecule has 0 radical (unpaired) electrons. The van der Waals surface area contributed by atoms with Crippen molar-refractivity contribution < 1.29 is 4.74 Å². The highest BCUT2D eigenvalue weighted by Gasteiger charge is 2.09. The van der Waals surface area contributed by atoms with Gasteiger partial charge >= 0.3 is 0 Å². The molecule has 0 spiro atoms. The molecule has 0 unspecified atom stereocenters. The number of ether oxygens (including phenoxy) is 1. The summed E-state index contributed by atoms with van der Waals surface area (Å²) >= 11 is 9.70. The first-order valence-electron chi connectivity index (χ1n) is 4.25. The molecule has 14 heavy (non-hydrogen) atoms. The second-order valence-corrected chi connectivity index (χ2v) is 5.02. The highest BCUT2D eigenvalue weighted by Crippen LogP contribution is 2.39. The largest absolute Gasteiger partial charge is 0.493 e. The van der Waals surface area contributed by atoms with Crippen LogP contribution in [0.25, 0.3) is 10.1 Å². The van der Waals surface area contributed by atoms with Crippen molar-refractivity contribution >= 4 is 50.0 Å². The van der Waals surface area contributed by atoms with E-state index in [0.29, 0.717) is 6.61 Å². The van der Waals surface area contributed by atoms with E-state index in [9.17, 15) is 0 Å². The van der Waals surface area contributed by atoms with Crippen molar-refractivity contribution in [2.24, 2.45) is 0 Å². The van der Waals surface area contributed by atoms with Crippen molar-refractivity contribution in [1.82, 2.24) is 0 Å². The van der Waals surface area contributed by atoms with E-state index in [1.54, 1.807) is 11.3 Å². The fourth-order valence-corrected chi connectivity index (χ4v) is 3.23. The van der Waals surface area contributed by atoms with Gasteiger partial charge < -0.3 is 4.74 Å². The topological polar surface area (TPSA) is 9.23 Å². The van der Waals surface area contributed by atoms with Gasteiger partial charge in [0.15, 0.2) is 0 Å². The van der Waals surface area contributed by atoms with Crippen LogP contribution in [0.15, 0.2) is 26.9 Å². The molecule has 1 nitrogen and oxygen atoms in total. The monoisotopic (exact) mass is 288 g/mol. The zero-order valence-corrected chi connectivity index (χ0v) is 10.9. The predicted molar refractivity (Wildman–Crippen MR) is 67.9 cm³/mol. The third-order valence-electron chi connectivity index (χ3n) is 1.93. The molecule has 0 atom stereocenters. The lowest BCUT2D eigenvalue weighted by molar-refractivity contribution is 0.333.